The third kappa shape index (κ3) is 3.03. The largest absolute Gasteiger partial charge is 0.346 e. The first-order valence-electron chi connectivity index (χ1n) is 7.70. The lowest BCUT2D eigenvalue weighted by Gasteiger charge is -2.23. The second kappa shape index (κ2) is 6.44. The molecule has 21 heavy (non-hydrogen) atoms. The Morgan fingerprint density at radius 3 is 2.81 bits per heavy atom. The van der Waals surface area contributed by atoms with Crippen molar-refractivity contribution in [3.05, 3.63) is 0 Å². The number of hydrogen-bond donors (Lipinski definition) is 1. The van der Waals surface area contributed by atoms with Crippen LogP contribution in [-0.2, 0) is 9.59 Å². The van der Waals surface area contributed by atoms with Gasteiger partial charge in [-0.3, -0.25) is 9.59 Å². The Hall–Kier alpha value is -1.61. The van der Waals surface area contributed by atoms with E-state index in [1.54, 1.807) is 16.8 Å². The molecule has 1 N–H and O–H groups in total. The van der Waals surface area contributed by atoms with Gasteiger partial charge in [0.2, 0.25) is 11.8 Å². The highest BCUT2D eigenvalue weighted by Gasteiger charge is 2.42. The van der Waals surface area contributed by atoms with Gasteiger partial charge >= 0.3 is 0 Å². The van der Waals surface area contributed by atoms with Crippen LogP contribution < -0.4 is 5.32 Å². The average molecular weight is 292 g/mol. The molecule has 2 aliphatic heterocycles. The Bertz CT molecular complexity index is 459. The van der Waals surface area contributed by atoms with Crippen LogP contribution in [0.25, 0.3) is 0 Å². The molecular formula is C15H24N4O2. The van der Waals surface area contributed by atoms with Gasteiger partial charge < -0.3 is 15.1 Å². The van der Waals surface area contributed by atoms with Crippen molar-refractivity contribution < 1.29 is 9.59 Å². The fourth-order valence-electron chi connectivity index (χ4n) is 3.25. The van der Waals surface area contributed by atoms with Gasteiger partial charge in [-0.25, -0.2) is 0 Å². The Labute approximate surface area is 126 Å². The second-order valence-electron chi connectivity index (χ2n) is 6.02. The Balaban J connectivity index is 2.02. The van der Waals surface area contributed by atoms with Crippen molar-refractivity contribution in [3.8, 4) is 6.07 Å². The molecule has 0 aromatic heterocycles. The molecule has 0 bridgehead atoms. The number of amides is 2. The molecule has 0 spiro atoms. The SMILES string of the molecule is CCN(C)C(=O)[C@H]1C[C@@H](C(=O)N2CCC[C@H]2C#N)N[C@H]1C. The maximum absolute atomic E-state index is 12.6. The first kappa shape index (κ1) is 15.8. The lowest BCUT2D eigenvalue weighted by molar-refractivity contribution is -0.134. The van der Waals surface area contributed by atoms with Crippen molar-refractivity contribution in [2.24, 2.45) is 5.92 Å². The molecule has 2 rings (SSSR count). The van der Waals surface area contributed by atoms with Gasteiger partial charge in [0.25, 0.3) is 0 Å². The van der Waals surface area contributed by atoms with Crippen LogP contribution in [0.15, 0.2) is 0 Å². The van der Waals surface area contributed by atoms with E-state index < -0.39 is 0 Å². The molecule has 0 aliphatic carbocycles. The van der Waals surface area contributed by atoms with Crippen molar-refractivity contribution in [2.75, 3.05) is 20.1 Å². The van der Waals surface area contributed by atoms with Crippen LogP contribution >= 0.6 is 0 Å². The molecule has 6 nitrogen and oxygen atoms in total. The molecule has 2 saturated heterocycles. The number of rotatable bonds is 3. The van der Waals surface area contributed by atoms with E-state index in [0.29, 0.717) is 19.5 Å². The van der Waals surface area contributed by atoms with Crippen LogP contribution in [0, 0.1) is 17.2 Å². The highest BCUT2D eigenvalue weighted by atomic mass is 16.2. The standard InChI is InChI=1S/C15H24N4O2/c1-4-18(3)14(20)12-8-13(17-10(12)2)15(21)19-7-5-6-11(19)9-16/h10-13,17H,4-8H2,1-3H3/t10-,11-,12-,13-/m0/s1. The van der Waals surface area contributed by atoms with Gasteiger partial charge in [-0.15, -0.1) is 0 Å². The van der Waals surface area contributed by atoms with E-state index >= 15 is 0 Å². The molecule has 0 saturated carbocycles. The first-order chi connectivity index (χ1) is 9.99. The summed E-state index contributed by atoms with van der Waals surface area (Å²) in [7, 11) is 1.79. The van der Waals surface area contributed by atoms with E-state index in [1.807, 2.05) is 13.8 Å². The van der Waals surface area contributed by atoms with Crippen LogP contribution in [0.1, 0.15) is 33.1 Å². The van der Waals surface area contributed by atoms with Crippen molar-refractivity contribution in [1.29, 1.82) is 5.26 Å². The maximum atomic E-state index is 12.6. The lowest BCUT2D eigenvalue weighted by Crippen LogP contribution is -2.46. The second-order valence-corrected chi connectivity index (χ2v) is 6.02. The zero-order chi connectivity index (χ0) is 15.6. The predicted molar refractivity (Wildman–Crippen MR) is 78.2 cm³/mol. The summed E-state index contributed by atoms with van der Waals surface area (Å²) in [6.07, 6.45) is 2.16. The zero-order valence-electron chi connectivity index (χ0n) is 13.0. The lowest BCUT2D eigenvalue weighted by atomic mass is 9.98. The fraction of sp³-hybridized carbons (Fsp3) is 0.800. The minimum Gasteiger partial charge on any atom is -0.346 e. The third-order valence-corrected chi connectivity index (χ3v) is 4.71. The number of nitriles is 1. The Morgan fingerprint density at radius 1 is 1.48 bits per heavy atom. The number of carbonyl (C=O) groups is 2. The first-order valence-corrected chi connectivity index (χ1v) is 7.70. The summed E-state index contributed by atoms with van der Waals surface area (Å²) in [5.74, 6) is -0.0987. The van der Waals surface area contributed by atoms with Gasteiger partial charge in [-0.05, 0) is 33.1 Å². The summed E-state index contributed by atoms with van der Waals surface area (Å²) < 4.78 is 0. The highest BCUT2D eigenvalue weighted by Crippen LogP contribution is 2.26. The van der Waals surface area contributed by atoms with Crippen LogP contribution in [0.3, 0.4) is 0 Å². The molecule has 4 atom stereocenters. The summed E-state index contributed by atoms with van der Waals surface area (Å²) in [4.78, 5) is 28.2. The normalized spacial score (nSPS) is 32.0. The van der Waals surface area contributed by atoms with Gasteiger partial charge in [0.05, 0.1) is 18.0 Å². The Kier molecular flexibility index (Phi) is 4.84. The molecule has 6 heteroatoms. The average Bonchev–Trinajstić information content (AvgIpc) is 3.11. The molecule has 0 radical (unpaired) electrons. The minimum absolute atomic E-state index is 0.0106. The monoisotopic (exact) mass is 292 g/mol. The zero-order valence-corrected chi connectivity index (χ0v) is 13.0. The topological polar surface area (TPSA) is 76.4 Å². The van der Waals surface area contributed by atoms with Gasteiger partial charge in [0.1, 0.15) is 6.04 Å². The van der Waals surface area contributed by atoms with Gasteiger partial charge in [-0.2, -0.15) is 5.26 Å². The van der Waals surface area contributed by atoms with Gasteiger partial charge in [-0.1, -0.05) is 0 Å². The summed E-state index contributed by atoms with van der Waals surface area (Å²) in [6, 6.07) is 1.54. The molecule has 0 aromatic carbocycles. The Morgan fingerprint density at radius 2 is 2.19 bits per heavy atom. The molecule has 0 unspecified atom stereocenters. The van der Waals surface area contributed by atoms with Crippen molar-refractivity contribution >= 4 is 11.8 Å². The van der Waals surface area contributed by atoms with E-state index in [0.717, 1.165) is 12.8 Å². The molecule has 2 aliphatic rings. The van der Waals surface area contributed by atoms with Crippen LogP contribution in [0.4, 0.5) is 0 Å². The molecule has 116 valence electrons. The summed E-state index contributed by atoms with van der Waals surface area (Å²) in [5.41, 5.74) is 0. The highest BCUT2D eigenvalue weighted by molar-refractivity contribution is 5.86. The van der Waals surface area contributed by atoms with Crippen molar-refractivity contribution in [2.45, 2.75) is 51.2 Å². The van der Waals surface area contributed by atoms with E-state index in [9.17, 15) is 9.59 Å². The number of carbonyl (C=O) groups excluding carboxylic acids is 2. The molecular weight excluding hydrogens is 268 g/mol. The summed E-state index contributed by atoms with van der Waals surface area (Å²) in [5, 5.41) is 12.3. The van der Waals surface area contributed by atoms with E-state index in [1.165, 1.54) is 0 Å². The van der Waals surface area contributed by atoms with Crippen LogP contribution in [0.5, 0.6) is 0 Å². The van der Waals surface area contributed by atoms with Crippen molar-refractivity contribution in [1.82, 2.24) is 15.1 Å². The summed E-state index contributed by atoms with van der Waals surface area (Å²) >= 11 is 0. The van der Waals surface area contributed by atoms with Gasteiger partial charge in [0, 0.05) is 26.2 Å². The van der Waals surface area contributed by atoms with E-state index in [2.05, 4.69) is 11.4 Å². The molecule has 2 amide bonds. The maximum Gasteiger partial charge on any atom is 0.240 e. The third-order valence-electron chi connectivity index (χ3n) is 4.71. The number of nitrogens with one attached hydrogen (secondary N) is 1. The van der Waals surface area contributed by atoms with Crippen molar-refractivity contribution in [3.63, 3.8) is 0 Å². The number of likely N-dealkylation sites (tertiary alicyclic amines) is 1. The smallest absolute Gasteiger partial charge is 0.240 e. The number of nitrogens with zero attached hydrogens (tertiary/aromatic N) is 3. The van der Waals surface area contributed by atoms with E-state index in [4.69, 9.17) is 5.26 Å². The number of hydrogen-bond acceptors (Lipinski definition) is 4. The van der Waals surface area contributed by atoms with Crippen LogP contribution in [-0.4, -0.2) is 59.9 Å². The summed E-state index contributed by atoms with van der Waals surface area (Å²) in [6.45, 7) is 5.21. The molecule has 2 fully saturated rings. The molecule has 0 aromatic rings. The van der Waals surface area contributed by atoms with Crippen LogP contribution in [0.2, 0.25) is 0 Å². The molecule has 2 heterocycles. The van der Waals surface area contributed by atoms with E-state index in [-0.39, 0.29) is 35.9 Å². The fourth-order valence-corrected chi connectivity index (χ4v) is 3.25. The quantitative estimate of drug-likeness (QED) is 0.814. The predicted octanol–water partition coefficient (Wildman–Crippen LogP) is 0.346. The minimum atomic E-state index is -0.340. The van der Waals surface area contributed by atoms with Gasteiger partial charge in [0.15, 0.2) is 0 Å².